The van der Waals surface area contributed by atoms with Crippen LogP contribution in [0.1, 0.15) is 19.8 Å². The Bertz CT molecular complexity index is 175. The van der Waals surface area contributed by atoms with E-state index in [4.69, 9.17) is 5.73 Å². The molecule has 1 aliphatic rings. The predicted octanol–water partition coefficient (Wildman–Crippen LogP) is 0.704. The van der Waals surface area contributed by atoms with Gasteiger partial charge in [-0.25, -0.2) is 0 Å². The summed E-state index contributed by atoms with van der Waals surface area (Å²) in [4.78, 5) is 6.56. The number of amidine groups is 1. The highest BCUT2D eigenvalue weighted by molar-refractivity contribution is 5.83. The first kappa shape index (κ1) is 9.52. The molecule has 70 valence electrons. The normalized spacial score (nSPS) is 29.8. The molecule has 0 aromatic carbocycles. The van der Waals surface area contributed by atoms with Gasteiger partial charge in [-0.1, -0.05) is 13.3 Å². The molecule has 0 radical (unpaired) electrons. The van der Waals surface area contributed by atoms with Crippen LogP contribution in [-0.4, -0.2) is 37.4 Å². The molecule has 0 saturated heterocycles. The van der Waals surface area contributed by atoms with Gasteiger partial charge in [-0.3, -0.25) is 4.99 Å². The smallest absolute Gasteiger partial charge is 0.0999 e. The summed E-state index contributed by atoms with van der Waals surface area (Å²) in [5.41, 5.74) is 6.01. The highest BCUT2D eigenvalue weighted by Crippen LogP contribution is 2.16. The third-order valence-electron chi connectivity index (χ3n) is 2.57. The zero-order chi connectivity index (χ0) is 9.14. The minimum Gasteiger partial charge on any atom is -0.366 e. The first-order chi connectivity index (χ1) is 5.65. The highest BCUT2D eigenvalue weighted by atomic mass is 15.1. The largest absolute Gasteiger partial charge is 0.366 e. The fourth-order valence-corrected chi connectivity index (χ4v) is 1.56. The van der Waals surface area contributed by atoms with Crippen molar-refractivity contribution in [2.24, 2.45) is 16.6 Å². The summed E-state index contributed by atoms with van der Waals surface area (Å²) in [6.45, 7) is 3.09. The summed E-state index contributed by atoms with van der Waals surface area (Å²) >= 11 is 0. The standard InChI is InChI=1S/C9H19N3/c1-4-7-6-11-9(12(2)3)5-8(7)10/h7-8H,4-6,10H2,1-3H3/t7-,8-/m1/s1. The lowest BCUT2D eigenvalue weighted by Gasteiger charge is -2.29. The molecule has 1 aliphatic heterocycles. The number of hydrogen-bond acceptors (Lipinski definition) is 3. The van der Waals surface area contributed by atoms with E-state index in [1.165, 1.54) is 0 Å². The van der Waals surface area contributed by atoms with Crippen LogP contribution in [0.4, 0.5) is 0 Å². The van der Waals surface area contributed by atoms with Crippen LogP contribution in [0.15, 0.2) is 4.99 Å². The number of aliphatic imine (C=N–C) groups is 1. The van der Waals surface area contributed by atoms with Gasteiger partial charge in [-0.2, -0.15) is 0 Å². The number of nitrogens with two attached hydrogens (primary N) is 1. The molecule has 1 heterocycles. The van der Waals surface area contributed by atoms with Gasteiger partial charge in [-0.15, -0.1) is 0 Å². The van der Waals surface area contributed by atoms with Crippen LogP contribution < -0.4 is 5.73 Å². The van der Waals surface area contributed by atoms with E-state index in [0.29, 0.717) is 12.0 Å². The molecule has 0 amide bonds. The summed E-state index contributed by atoms with van der Waals surface area (Å²) in [5.74, 6) is 1.74. The average Bonchev–Trinajstić information content (AvgIpc) is 2.04. The van der Waals surface area contributed by atoms with Gasteiger partial charge in [0.05, 0.1) is 5.84 Å². The zero-order valence-corrected chi connectivity index (χ0v) is 8.25. The molecule has 2 atom stereocenters. The van der Waals surface area contributed by atoms with Crippen LogP contribution >= 0.6 is 0 Å². The van der Waals surface area contributed by atoms with Crippen molar-refractivity contribution in [1.82, 2.24) is 4.90 Å². The van der Waals surface area contributed by atoms with E-state index in [-0.39, 0.29) is 0 Å². The Morgan fingerprint density at radius 1 is 1.58 bits per heavy atom. The minimum absolute atomic E-state index is 0.310. The summed E-state index contributed by atoms with van der Waals surface area (Å²) in [5, 5.41) is 0. The molecular weight excluding hydrogens is 150 g/mol. The van der Waals surface area contributed by atoms with Crippen molar-refractivity contribution in [2.45, 2.75) is 25.8 Å². The van der Waals surface area contributed by atoms with Crippen LogP contribution in [0.2, 0.25) is 0 Å². The molecule has 0 aliphatic carbocycles. The Balaban J connectivity index is 2.58. The monoisotopic (exact) mass is 169 g/mol. The zero-order valence-electron chi connectivity index (χ0n) is 8.25. The molecule has 3 heteroatoms. The summed E-state index contributed by atoms with van der Waals surface area (Å²) < 4.78 is 0. The van der Waals surface area contributed by atoms with E-state index in [2.05, 4.69) is 16.8 Å². The van der Waals surface area contributed by atoms with Crippen molar-refractivity contribution in [2.75, 3.05) is 20.6 Å². The average molecular weight is 169 g/mol. The third kappa shape index (κ3) is 1.97. The third-order valence-corrected chi connectivity index (χ3v) is 2.57. The molecule has 0 fully saturated rings. The van der Waals surface area contributed by atoms with Crippen molar-refractivity contribution in [3.63, 3.8) is 0 Å². The molecule has 3 nitrogen and oxygen atoms in total. The second kappa shape index (κ2) is 3.90. The summed E-state index contributed by atoms with van der Waals surface area (Å²) in [7, 11) is 4.05. The lowest BCUT2D eigenvalue weighted by Crippen LogP contribution is -2.41. The fourth-order valence-electron chi connectivity index (χ4n) is 1.56. The lowest BCUT2D eigenvalue weighted by atomic mass is 9.92. The number of hydrogen-bond donors (Lipinski definition) is 1. The van der Waals surface area contributed by atoms with Crippen molar-refractivity contribution in [3.8, 4) is 0 Å². The second-order valence-electron chi connectivity index (χ2n) is 3.69. The molecule has 0 spiro atoms. The van der Waals surface area contributed by atoms with Gasteiger partial charge in [0.1, 0.15) is 0 Å². The van der Waals surface area contributed by atoms with Gasteiger partial charge in [0.2, 0.25) is 0 Å². The maximum Gasteiger partial charge on any atom is 0.0999 e. The van der Waals surface area contributed by atoms with E-state index in [0.717, 1.165) is 25.2 Å². The van der Waals surface area contributed by atoms with Crippen LogP contribution in [-0.2, 0) is 0 Å². The van der Waals surface area contributed by atoms with E-state index < -0.39 is 0 Å². The first-order valence-electron chi connectivity index (χ1n) is 4.61. The fraction of sp³-hybridized carbons (Fsp3) is 0.889. The molecule has 0 aromatic rings. The SMILES string of the molecule is CC[C@@H]1CN=C(N(C)C)C[C@H]1N. The van der Waals surface area contributed by atoms with Gasteiger partial charge in [0, 0.05) is 33.1 Å². The van der Waals surface area contributed by atoms with E-state index in [9.17, 15) is 0 Å². The molecule has 1 rings (SSSR count). The van der Waals surface area contributed by atoms with Gasteiger partial charge < -0.3 is 10.6 Å². The molecule has 0 bridgehead atoms. The first-order valence-corrected chi connectivity index (χ1v) is 4.61. The molecule has 0 unspecified atom stereocenters. The molecule has 0 aromatic heterocycles. The quantitative estimate of drug-likeness (QED) is 0.628. The second-order valence-corrected chi connectivity index (χ2v) is 3.69. The topological polar surface area (TPSA) is 41.6 Å². The highest BCUT2D eigenvalue weighted by Gasteiger charge is 2.22. The van der Waals surface area contributed by atoms with Gasteiger partial charge in [-0.05, 0) is 5.92 Å². The van der Waals surface area contributed by atoms with E-state index in [1.54, 1.807) is 0 Å². The van der Waals surface area contributed by atoms with Crippen LogP contribution in [0.3, 0.4) is 0 Å². The molecule has 12 heavy (non-hydrogen) atoms. The van der Waals surface area contributed by atoms with Gasteiger partial charge in [0.15, 0.2) is 0 Å². The van der Waals surface area contributed by atoms with Crippen molar-refractivity contribution in [3.05, 3.63) is 0 Å². The maximum atomic E-state index is 6.01. The Hall–Kier alpha value is -0.570. The van der Waals surface area contributed by atoms with Crippen LogP contribution in [0.25, 0.3) is 0 Å². The van der Waals surface area contributed by atoms with Crippen molar-refractivity contribution in [1.29, 1.82) is 0 Å². The van der Waals surface area contributed by atoms with Gasteiger partial charge in [0.25, 0.3) is 0 Å². The Morgan fingerprint density at radius 2 is 2.25 bits per heavy atom. The number of nitrogens with zero attached hydrogens (tertiary/aromatic N) is 2. The minimum atomic E-state index is 0.310. The van der Waals surface area contributed by atoms with Crippen LogP contribution in [0.5, 0.6) is 0 Å². The lowest BCUT2D eigenvalue weighted by molar-refractivity contribution is 0.392. The summed E-state index contributed by atoms with van der Waals surface area (Å²) in [6.07, 6.45) is 2.08. The van der Waals surface area contributed by atoms with Gasteiger partial charge >= 0.3 is 0 Å². The van der Waals surface area contributed by atoms with E-state index >= 15 is 0 Å². The van der Waals surface area contributed by atoms with Crippen molar-refractivity contribution < 1.29 is 0 Å². The number of rotatable bonds is 1. The maximum absolute atomic E-state index is 6.01. The van der Waals surface area contributed by atoms with Crippen LogP contribution in [0, 0.1) is 5.92 Å². The van der Waals surface area contributed by atoms with E-state index in [1.807, 2.05) is 14.1 Å². The Kier molecular flexibility index (Phi) is 3.09. The molecular formula is C9H19N3. The Morgan fingerprint density at radius 3 is 2.67 bits per heavy atom. The molecule has 0 saturated carbocycles. The summed E-state index contributed by atoms with van der Waals surface area (Å²) in [6, 6.07) is 0.310. The predicted molar refractivity (Wildman–Crippen MR) is 52.4 cm³/mol. The van der Waals surface area contributed by atoms with Crippen molar-refractivity contribution >= 4 is 5.84 Å². The molecule has 2 N–H and O–H groups in total. The Labute approximate surface area is 74.6 Å².